The molecule has 0 saturated heterocycles. The van der Waals surface area contributed by atoms with Crippen molar-refractivity contribution < 1.29 is 13.9 Å². The molecule has 6 heteroatoms. The van der Waals surface area contributed by atoms with E-state index >= 15 is 0 Å². The molecule has 0 heterocycles. The summed E-state index contributed by atoms with van der Waals surface area (Å²) in [5.41, 5.74) is 0. The molecule has 0 aliphatic rings. The fourth-order valence-corrected chi connectivity index (χ4v) is 2.90. The number of para-hydroxylation sites is 1. The van der Waals surface area contributed by atoms with Crippen molar-refractivity contribution in [2.75, 3.05) is 12.3 Å². The van der Waals surface area contributed by atoms with Crippen LogP contribution in [-0.4, -0.2) is 24.3 Å². The summed E-state index contributed by atoms with van der Waals surface area (Å²) in [5.74, 6) is 0.110. The molecular formula is C18H19ClFNO2S. The molecule has 0 bridgehead atoms. The highest BCUT2D eigenvalue weighted by Gasteiger charge is 2.19. The van der Waals surface area contributed by atoms with Crippen LogP contribution in [-0.2, 0) is 4.79 Å². The van der Waals surface area contributed by atoms with Crippen LogP contribution in [0.15, 0.2) is 53.4 Å². The van der Waals surface area contributed by atoms with E-state index in [1.165, 1.54) is 12.1 Å². The van der Waals surface area contributed by atoms with E-state index in [1.54, 1.807) is 23.9 Å². The maximum Gasteiger partial charge on any atom is 0.261 e. The van der Waals surface area contributed by atoms with E-state index in [-0.39, 0.29) is 11.7 Å². The molecule has 1 N–H and O–H groups in total. The number of thioether (sulfide) groups is 1. The van der Waals surface area contributed by atoms with Gasteiger partial charge in [-0.1, -0.05) is 30.7 Å². The Morgan fingerprint density at radius 3 is 2.62 bits per heavy atom. The van der Waals surface area contributed by atoms with Crippen LogP contribution in [0.2, 0.25) is 5.02 Å². The van der Waals surface area contributed by atoms with Crippen molar-refractivity contribution >= 4 is 29.3 Å². The monoisotopic (exact) mass is 367 g/mol. The van der Waals surface area contributed by atoms with Crippen molar-refractivity contribution in [1.29, 1.82) is 0 Å². The van der Waals surface area contributed by atoms with Gasteiger partial charge in [-0.25, -0.2) is 4.39 Å². The van der Waals surface area contributed by atoms with Gasteiger partial charge in [-0.05, 0) is 42.8 Å². The van der Waals surface area contributed by atoms with Crippen molar-refractivity contribution in [2.24, 2.45) is 0 Å². The number of ether oxygens (including phenoxy) is 1. The summed E-state index contributed by atoms with van der Waals surface area (Å²) < 4.78 is 19.1. The third-order valence-electron chi connectivity index (χ3n) is 3.25. The number of hydrogen-bond acceptors (Lipinski definition) is 3. The van der Waals surface area contributed by atoms with Gasteiger partial charge in [-0.15, -0.1) is 11.8 Å². The SMILES string of the molecule is CC[C@H](Oc1ccccc1F)C(=O)NCCSc1ccc(Cl)cc1. The third-order valence-corrected chi connectivity index (χ3v) is 4.52. The summed E-state index contributed by atoms with van der Waals surface area (Å²) in [7, 11) is 0. The van der Waals surface area contributed by atoms with E-state index in [2.05, 4.69) is 5.32 Å². The van der Waals surface area contributed by atoms with Gasteiger partial charge < -0.3 is 10.1 Å². The van der Waals surface area contributed by atoms with E-state index in [4.69, 9.17) is 16.3 Å². The second-order valence-corrected chi connectivity index (χ2v) is 6.64. The van der Waals surface area contributed by atoms with Crippen LogP contribution in [0.4, 0.5) is 4.39 Å². The van der Waals surface area contributed by atoms with Crippen LogP contribution in [0, 0.1) is 5.82 Å². The molecule has 0 aromatic heterocycles. The number of halogens is 2. The molecule has 2 rings (SSSR count). The first kappa shape index (κ1) is 18.6. The molecule has 0 aliphatic carbocycles. The smallest absolute Gasteiger partial charge is 0.261 e. The molecule has 0 fully saturated rings. The van der Waals surface area contributed by atoms with Crippen LogP contribution in [0.5, 0.6) is 5.75 Å². The van der Waals surface area contributed by atoms with Gasteiger partial charge in [-0.2, -0.15) is 0 Å². The Balaban J connectivity index is 1.77. The van der Waals surface area contributed by atoms with Crippen LogP contribution in [0.1, 0.15) is 13.3 Å². The molecule has 3 nitrogen and oxygen atoms in total. The first-order valence-corrected chi connectivity index (χ1v) is 9.03. The van der Waals surface area contributed by atoms with Gasteiger partial charge in [0.2, 0.25) is 0 Å². The average molecular weight is 368 g/mol. The zero-order valence-corrected chi connectivity index (χ0v) is 14.9. The van der Waals surface area contributed by atoms with Crippen LogP contribution < -0.4 is 10.1 Å². The maximum atomic E-state index is 13.6. The Labute approximate surface area is 150 Å². The molecule has 128 valence electrons. The van der Waals surface area contributed by atoms with Gasteiger partial charge in [0.25, 0.3) is 5.91 Å². The number of amides is 1. The number of carbonyl (C=O) groups is 1. The quantitative estimate of drug-likeness (QED) is 0.549. The van der Waals surface area contributed by atoms with E-state index in [9.17, 15) is 9.18 Å². The summed E-state index contributed by atoms with van der Waals surface area (Å²) in [4.78, 5) is 13.2. The third kappa shape index (κ3) is 5.73. The topological polar surface area (TPSA) is 38.3 Å². The number of benzene rings is 2. The second kappa shape index (κ2) is 9.55. The molecule has 1 amide bonds. The van der Waals surface area contributed by atoms with Gasteiger partial charge in [0.05, 0.1) is 0 Å². The van der Waals surface area contributed by atoms with Gasteiger partial charge in [0.1, 0.15) is 0 Å². The first-order chi connectivity index (χ1) is 11.6. The standard InChI is InChI=1S/C18H19ClFNO2S/c1-2-16(23-17-6-4-3-5-15(17)20)18(22)21-11-12-24-14-9-7-13(19)8-10-14/h3-10,16H,2,11-12H2,1H3,(H,21,22)/t16-/m0/s1. The van der Waals surface area contributed by atoms with Gasteiger partial charge in [0, 0.05) is 22.2 Å². The highest BCUT2D eigenvalue weighted by atomic mass is 35.5. The average Bonchev–Trinajstić information content (AvgIpc) is 2.59. The lowest BCUT2D eigenvalue weighted by Gasteiger charge is -2.17. The summed E-state index contributed by atoms with van der Waals surface area (Å²) in [6.07, 6.45) is -0.243. The molecule has 0 spiro atoms. The Morgan fingerprint density at radius 1 is 1.25 bits per heavy atom. The maximum absolute atomic E-state index is 13.6. The van der Waals surface area contributed by atoms with Crippen LogP contribution >= 0.6 is 23.4 Å². The van der Waals surface area contributed by atoms with E-state index in [0.717, 1.165) is 10.6 Å². The predicted octanol–water partition coefficient (Wildman–Crippen LogP) is 4.55. The second-order valence-electron chi connectivity index (χ2n) is 5.04. The molecule has 1 atom stereocenters. The minimum atomic E-state index is -0.706. The Morgan fingerprint density at radius 2 is 1.96 bits per heavy atom. The van der Waals surface area contributed by atoms with E-state index in [1.807, 2.05) is 31.2 Å². The van der Waals surface area contributed by atoms with Crippen LogP contribution in [0.3, 0.4) is 0 Å². The highest BCUT2D eigenvalue weighted by Crippen LogP contribution is 2.20. The minimum Gasteiger partial charge on any atom is -0.478 e. The fourth-order valence-electron chi connectivity index (χ4n) is 2.00. The van der Waals surface area contributed by atoms with E-state index < -0.39 is 11.9 Å². The Hall–Kier alpha value is -1.72. The largest absolute Gasteiger partial charge is 0.478 e. The molecule has 2 aromatic rings. The van der Waals surface area contributed by atoms with Crippen molar-refractivity contribution in [3.05, 3.63) is 59.4 Å². The number of hydrogen-bond donors (Lipinski definition) is 1. The summed E-state index contributed by atoms with van der Waals surface area (Å²) in [6, 6.07) is 13.6. The molecule has 0 radical (unpaired) electrons. The van der Waals surface area contributed by atoms with Crippen LogP contribution in [0.25, 0.3) is 0 Å². The van der Waals surface area contributed by atoms with E-state index in [0.29, 0.717) is 18.0 Å². The lowest BCUT2D eigenvalue weighted by molar-refractivity contribution is -0.128. The highest BCUT2D eigenvalue weighted by molar-refractivity contribution is 7.99. The first-order valence-electron chi connectivity index (χ1n) is 7.67. The van der Waals surface area contributed by atoms with Crippen molar-refractivity contribution in [3.63, 3.8) is 0 Å². The normalized spacial score (nSPS) is 11.8. The zero-order chi connectivity index (χ0) is 17.4. The molecule has 0 aliphatic heterocycles. The molecule has 0 saturated carbocycles. The minimum absolute atomic E-state index is 0.0926. The number of nitrogens with one attached hydrogen (secondary N) is 1. The summed E-state index contributed by atoms with van der Waals surface area (Å²) in [6.45, 7) is 2.33. The van der Waals surface area contributed by atoms with Gasteiger partial charge in [-0.3, -0.25) is 4.79 Å². The zero-order valence-electron chi connectivity index (χ0n) is 13.3. The molecule has 2 aromatic carbocycles. The van der Waals surface area contributed by atoms with Crippen molar-refractivity contribution in [1.82, 2.24) is 5.32 Å². The lowest BCUT2D eigenvalue weighted by atomic mass is 10.2. The van der Waals surface area contributed by atoms with Crippen molar-refractivity contribution in [2.45, 2.75) is 24.3 Å². The number of carbonyl (C=O) groups excluding carboxylic acids is 1. The van der Waals surface area contributed by atoms with Gasteiger partial charge in [0.15, 0.2) is 17.7 Å². The fraction of sp³-hybridized carbons (Fsp3) is 0.278. The molecular weight excluding hydrogens is 349 g/mol. The Bertz CT molecular complexity index is 666. The summed E-state index contributed by atoms with van der Waals surface area (Å²) in [5, 5.41) is 3.52. The number of rotatable bonds is 8. The molecule has 24 heavy (non-hydrogen) atoms. The Kier molecular flexibility index (Phi) is 7.40. The predicted molar refractivity (Wildman–Crippen MR) is 96.3 cm³/mol. The van der Waals surface area contributed by atoms with Gasteiger partial charge >= 0.3 is 0 Å². The summed E-state index contributed by atoms with van der Waals surface area (Å²) >= 11 is 7.46. The molecule has 0 unspecified atom stereocenters. The lowest BCUT2D eigenvalue weighted by Crippen LogP contribution is -2.39. The van der Waals surface area contributed by atoms with Crippen molar-refractivity contribution in [3.8, 4) is 5.75 Å².